The molecule has 0 amide bonds. The lowest BCUT2D eigenvalue weighted by atomic mass is 9.97. The lowest BCUT2D eigenvalue weighted by Gasteiger charge is -2.46. The minimum Gasteiger partial charge on any atom is -0.363 e. The van der Waals surface area contributed by atoms with Crippen LogP contribution in [0, 0.1) is 0 Å². The number of hydrogen-bond acceptors (Lipinski definition) is 3. The normalized spacial score (nSPS) is 38.5. The molecule has 0 radical (unpaired) electrons. The molecule has 0 saturated carbocycles. The lowest BCUT2D eigenvalue weighted by Crippen LogP contribution is -2.67. The molecule has 0 unspecified atom stereocenters. The third-order valence-corrected chi connectivity index (χ3v) is 2.74. The molecular weight excluding hydrogens is 140 g/mol. The van der Waals surface area contributed by atoms with Crippen molar-refractivity contribution in [3.05, 3.63) is 0 Å². The highest BCUT2D eigenvalue weighted by Crippen LogP contribution is 2.30. The summed E-state index contributed by atoms with van der Waals surface area (Å²) in [7, 11) is 0. The van der Waals surface area contributed by atoms with Gasteiger partial charge < -0.3 is 4.74 Å². The zero-order valence-corrected chi connectivity index (χ0v) is 7.26. The van der Waals surface area contributed by atoms with Crippen molar-refractivity contribution in [1.82, 2.24) is 10.2 Å². The summed E-state index contributed by atoms with van der Waals surface area (Å²) in [6.45, 7) is 7.25. The Bertz CT molecular complexity index is 154. The Hall–Kier alpha value is -0.120. The van der Waals surface area contributed by atoms with Crippen LogP contribution < -0.4 is 5.32 Å². The van der Waals surface area contributed by atoms with E-state index in [1.807, 2.05) is 0 Å². The Kier molecular flexibility index (Phi) is 1.67. The average molecular weight is 156 g/mol. The zero-order valence-electron chi connectivity index (χ0n) is 7.26. The van der Waals surface area contributed by atoms with Crippen LogP contribution in [-0.2, 0) is 4.74 Å². The van der Waals surface area contributed by atoms with E-state index in [9.17, 15) is 0 Å². The Balaban J connectivity index is 2.07. The lowest BCUT2D eigenvalue weighted by molar-refractivity contribution is 0.0199. The monoisotopic (exact) mass is 156 g/mol. The van der Waals surface area contributed by atoms with Crippen LogP contribution in [0.3, 0.4) is 0 Å². The van der Waals surface area contributed by atoms with E-state index in [1.165, 1.54) is 6.42 Å². The van der Waals surface area contributed by atoms with Crippen LogP contribution >= 0.6 is 0 Å². The summed E-state index contributed by atoms with van der Waals surface area (Å²) in [4.78, 5) is 2.40. The highest BCUT2D eigenvalue weighted by atomic mass is 16.5. The van der Waals surface area contributed by atoms with Gasteiger partial charge in [-0.05, 0) is 20.3 Å². The van der Waals surface area contributed by atoms with Crippen molar-refractivity contribution in [3.63, 3.8) is 0 Å². The van der Waals surface area contributed by atoms with Crippen molar-refractivity contribution in [3.8, 4) is 0 Å². The molecule has 3 nitrogen and oxygen atoms in total. The fourth-order valence-corrected chi connectivity index (χ4v) is 1.94. The summed E-state index contributed by atoms with van der Waals surface area (Å²) in [5.74, 6) is 0. The van der Waals surface area contributed by atoms with Crippen LogP contribution in [0.2, 0.25) is 0 Å². The van der Waals surface area contributed by atoms with Gasteiger partial charge in [0.2, 0.25) is 0 Å². The van der Waals surface area contributed by atoms with Crippen LogP contribution in [-0.4, -0.2) is 36.5 Å². The van der Waals surface area contributed by atoms with Gasteiger partial charge in [-0.2, -0.15) is 0 Å². The maximum Gasteiger partial charge on any atom is 0.101 e. The molecular formula is C8H16N2O. The predicted molar refractivity (Wildman–Crippen MR) is 43.1 cm³/mol. The van der Waals surface area contributed by atoms with Gasteiger partial charge in [0.25, 0.3) is 0 Å². The second kappa shape index (κ2) is 2.44. The Morgan fingerprint density at radius 3 is 2.64 bits per heavy atom. The number of ether oxygens (including phenoxy) is 1. The van der Waals surface area contributed by atoms with Gasteiger partial charge in [0.15, 0.2) is 0 Å². The second-order valence-electron chi connectivity index (χ2n) is 3.75. The van der Waals surface area contributed by atoms with Crippen LogP contribution in [0.15, 0.2) is 0 Å². The van der Waals surface area contributed by atoms with Crippen molar-refractivity contribution < 1.29 is 4.74 Å². The van der Waals surface area contributed by atoms with E-state index in [1.54, 1.807) is 0 Å². The standard InChI is InChI=1S/C8H16N2O/c1-7(2)10-6-11-5-8(10)3-4-9-8/h7,9H,3-6H2,1-2H3/t8-/m0/s1. The van der Waals surface area contributed by atoms with Crippen LogP contribution in [0.5, 0.6) is 0 Å². The van der Waals surface area contributed by atoms with Crippen molar-refractivity contribution in [1.29, 1.82) is 0 Å². The fourth-order valence-electron chi connectivity index (χ4n) is 1.94. The average Bonchev–Trinajstić information content (AvgIpc) is 2.27. The van der Waals surface area contributed by atoms with Crippen LogP contribution in [0.25, 0.3) is 0 Å². The molecule has 0 aromatic rings. The fraction of sp³-hybridized carbons (Fsp3) is 1.00. The van der Waals surface area contributed by atoms with E-state index in [2.05, 4.69) is 24.1 Å². The zero-order chi connectivity index (χ0) is 7.90. The van der Waals surface area contributed by atoms with E-state index >= 15 is 0 Å². The van der Waals surface area contributed by atoms with E-state index < -0.39 is 0 Å². The molecule has 2 saturated heterocycles. The van der Waals surface area contributed by atoms with Crippen LogP contribution in [0.1, 0.15) is 20.3 Å². The second-order valence-corrected chi connectivity index (χ2v) is 3.75. The van der Waals surface area contributed by atoms with Gasteiger partial charge in [-0.15, -0.1) is 0 Å². The summed E-state index contributed by atoms with van der Waals surface area (Å²) in [6.07, 6.45) is 1.24. The topological polar surface area (TPSA) is 24.5 Å². The molecule has 2 heterocycles. The van der Waals surface area contributed by atoms with Crippen LogP contribution in [0.4, 0.5) is 0 Å². The molecule has 64 valence electrons. The van der Waals surface area contributed by atoms with E-state index in [0.717, 1.165) is 19.9 Å². The first kappa shape index (κ1) is 7.53. The highest BCUT2D eigenvalue weighted by molar-refractivity contribution is 4.99. The predicted octanol–water partition coefficient (Wildman–Crippen LogP) is 0.374. The summed E-state index contributed by atoms with van der Waals surface area (Å²) >= 11 is 0. The first-order valence-corrected chi connectivity index (χ1v) is 4.34. The van der Waals surface area contributed by atoms with Crippen molar-refractivity contribution >= 4 is 0 Å². The van der Waals surface area contributed by atoms with Gasteiger partial charge in [-0.25, -0.2) is 0 Å². The van der Waals surface area contributed by atoms with Crippen molar-refractivity contribution in [2.75, 3.05) is 19.9 Å². The summed E-state index contributed by atoms with van der Waals surface area (Å²) in [5.41, 5.74) is 0.216. The largest absolute Gasteiger partial charge is 0.363 e. The molecule has 0 aromatic heterocycles. The third kappa shape index (κ3) is 0.991. The van der Waals surface area contributed by atoms with E-state index in [-0.39, 0.29) is 5.66 Å². The molecule has 2 fully saturated rings. The van der Waals surface area contributed by atoms with E-state index in [4.69, 9.17) is 4.74 Å². The number of nitrogens with one attached hydrogen (secondary N) is 1. The van der Waals surface area contributed by atoms with Gasteiger partial charge in [-0.1, -0.05) is 0 Å². The molecule has 0 bridgehead atoms. The Labute approximate surface area is 67.7 Å². The number of hydrogen-bond donors (Lipinski definition) is 1. The Morgan fingerprint density at radius 2 is 2.27 bits per heavy atom. The molecule has 2 aliphatic rings. The molecule has 2 aliphatic heterocycles. The third-order valence-electron chi connectivity index (χ3n) is 2.74. The minimum atomic E-state index is 0.216. The van der Waals surface area contributed by atoms with Gasteiger partial charge in [0.1, 0.15) is 6.73 Å². The Morgan fingerprint density at radius 1 is 1.55 bits per heavy atom. The minimum absolute atomic E-state index is 0.216. The molecule has 0 aliphatic carbocycles. The first-order chi connectivity index (χ1) is 5.25. The summed E-state index contributed by atoms with van der Waals surface area (Å²) < 4.78 is 5.44. The SMILES string of the molecule is CC(C)N1COC[C@]12CCN2. The van der Waals surface area contributed by atoms with Crippen molar-refractivity contribution in [2.24, 2.45) is 0 Å². The van der Waals surface area contributed by atoms with Gasteiger partial charge in [-0.3, -0.25) is 10.2 Å². The summed E-state index contributed by atoms with van der Waals surface area (Å²) in [6, 6.07) is 0.588. The summed E-state index contributed by atoms with van der Waals surface area (Å²) in [5, 5.41) is 3.45. The first-order valence-electron chi connectivity index (χ1n) is 4.34. The molecule has 1 spiro atoms. The van der Waals surface area contributed by atoms with Gasteiger partial charge in [0.05, 0.1) is 12.3 Å². The van der Waals surface area contributed by atoms with E-state index in [0.29, 0.717) is 6.04 Å². The van der Waals surface area contributed by atoms with Gasteiger partial charge in [0, 0.05) is 12.6 Å². The number of nitrogens with zero attached hydrogens (tertiary/aromatic N) is 1. The molecule has 2 rings (SSSR count). The quantitative estimate of drug-likeness (QED) is 0.594. The molecule has 1 atom stereocenters. The molecule has 11 heavy (non-hydrogen) atoms. The number of rotatable bonds is 1. The highest BCUT2D eigenvalue weighted by Gasteiger charge is 2.47. The smallest absolute Gasteiger partial charge is 0.101 e. The molecule has 3 heteroatoms. The van der Waals surface area contributed by atoms with Gasteiger partial charge >= 0.3 is 0 Å². The molecule has 0 aromatic carbocycles. The van der Waals surface area contributed by atoms with Crippen molar-refractivity contribution in [2.45, 2.75) is 32.0 Å². The maximum atomic E-state index is 5.44. The maximum absolute atomic E-state index is 5.44. The molecule has 1 N–H and O–H groups in total.